The molecule has 0 saturated carbocycles. The van der Waals surface area contributed by atoms with Gasteiger partial charge in [-0.25, -0.2) is 4.98 Å². The predicted octanol–water partition coefficient (Wildman–Crippen LogP) is 4.17. The summed E-state index contributed by atoms with van der Waals surface area (Å²) >= 11 is 1.41. The molecule has 7 heteroatoms. The lowest BCUT2D eigenvalue weighted by molar-refractivity contribution is -0.0498. The fourth-order valence-corrected chi connectivity index (χ4v) is 2.99. The van der Waals surface area contributed by atoms with Gasteiger partial charge in [-0.1, -0.05) is 23.5 Å². The van der Waals surface area contributed by atoms with Crippen molar-refractivity contribution < 1.29 is 18.3 Å². The second-order valence-electron chi connectivity index (χ2n) is 4.73. The number of halogens is 2. The van der Waals surface area contributed by atoms with Gasteiger partial charge in [0.15, 0.2) is 5.13 Å². The standard InChI is InChI=1S/C16H12F2N2O2S/c1-20(16-19-12-4-2-3-5-13(12)23-16)14(21)10-6-8-11(9-7-10)22-15(17)18/h2-9,15H,1H3. The van der Waals surface area contributed by atoms with Crippen LogP contribution in [0.15, 0.2) is 48.5 Å². The number of carbonyl (C=O) groups excluding carboxylic acids is 1. The van der Waals surface area contributed by atoms with E-state index in [9.17, 15) is 13.6 Å². The summed E-state index contributed by atoms with van der Waals surface area (Å²) in [6.07, 6.45) is 0. The molecule has 0 aliphatic heterocycles. The van der Waals surface area contributed by atoms with Crippen molar-refractivity contribution in [1.82, 2.24) is 4.98 Å². The molecule has 3 rings (SSSR count). The van der Waals surface area contributed by atoms with Crippen LogP contribution in [0, 0.1) is 0 Å². The third kappa shape index (κ3) is 3.29. The monoisotopic (exact) mass is 334 g/mol. The van der Waals surface area contributed by atoms with Gasteiger partial charge in [0.25, 0.3) is 5.91 Å². The number of carbonyl (C=O) groups is 1. The smallest absolute Gasteiger partial charge is 0.387 e. The lowest BCUT2D eigenvalue weighted by Crippen LogP contribution is -2.25. The normalized spacial score (nSPS) is 11.0. The van der Waals surface area contributed by atoms with Crippen molar-refractivity contribution in [2.75, 3.05) is 11.9 Å². The van der Waals surface area contributed by atoms with Gasteiger partial charge < -0.3 is 4.74 Å². The van der Waals surface area contributed by atoms with E-state index in [1.807, 2.05) is 24.3 Å². The van der Waals surface area contributed by atoms with E-state index in [0.29, 0.717) is 10.7 Å². The van der Waals surface area contributed by atoms with Crippen molar-refractivity contribution in [3.63, 3.8) is 0 Å². The Balaban J connectivity index is 1.81. The first-order valence-electron chi connectivity index (χ1n) is 6.73. The molecule has 1 amide bonds. The predicted molar refractivity (Wildman–Crippen MR) is 85.4 cm³/mol. The molecule has 0 fully saturated rings. The Morgan fingerprint density at radius 3 is 2.52 bits per heavy atom. The van der Waals surface area contributed by atoms with Crippen LogP contribution < -0.4 is 9.64 Å². The number of hydrogen-bond acceptors (Lipinski definition) is 4. The first kappa shape index (κ1) is 15.4. The molecule has 0 saturated heterocycles. The number of benzene rings is 2. The minimum absolute atomic E-state index is 0.0131. The van der Waals surface area contributed by atoms with E-state index in [2.05, 4.69) is 9.72 Å². The Kier molecular flexibility index (Phi) is 4.20. The zero-order valence-corrected chi connectivity index (χ0v) is 12.9. The van der Waals surface area contributed by atoms with Crippen LogP contribution in [0.2, 0.25) is 0 Å². The topological polar surface area (TPSA) is 42.4 Å². The number of nitrogens with zero attached hydrogens (tertiary/aromatic N) is 2. The number of amides is 1. The Bertz CT molecular complexity index is 800. The highest BCUT2D eigenvalue weighted by Crippen LogP contribution is 2.28. The SMILES string of the molecule is CN(C(=O)c1ccc(OC(F)F)cc1)c1nc2ccccc2s1. The Morgan fingerprint density at radius 1 is 1.17 bits per heavy atom. The molecule has 0 atom stereocenters. The molecular formula is C16H12F2N2O2S. The van der Waals surface area contributed by atoms with Gasteiger partial charge in [-0.15, -0.1) is 0 Å². The quantitative estimate of drug-likeness (QED) is 0.719. The third-order valence-corrected chi connectivity index (χ3v) is 4.31. The Labute approximate surface area is 134 Å². The lowest BCUT2D eigenvalue weighted by Gasteiger charge is -2.14. The average Bonchev–Trinajstić information content (AvgIpc) is 2.97. The van der Waals surface area contributed by atoms with Crippen molar-refractivity contribution in [1.29, 1.82) is 0 Å². The molecule has 0 radical (unpaired) electrons. The van der Waals surface area contributed by atoms with Crippen LogP contribution in [0.4, 0.5) is 13.9 Å². The first-order valence-corrected chi connectivity index (χ1v) is 7.55. The van der Waals surface area contributed by atoms with E-state index in [0.717, 1.165) is 10.2 Å². The van der Waals surface area contributed by atoms with Crippen LogP contribution >= 0.6 is 11.3 Å². The number of hydrogen-bond donors (Lipinski definition) is 0. The van der Waals surface area contributed by atoms with Crippen molar-refractivity contribution >= 4 is 32.6 Å². The second kappa shape index (κ2) is 6.29. The number of aromatic nitrogens is 1. The summed E-state index contributed by atoms with van der Waals surface area (Å²) in [5.41, 5.74) is 1.20. The molecule has 1 heterocycles. The third-order valence-electron chi connectivity index (χ3n) is 3.20. The van der Waals surface area contributed by atoms with Gasteiger partial charge in [-0.3, -0.25) is 9.69 Å². The van der Waals surface area contributed by atoms with E-state index in [-0.39, 0.29) is 11.7 Å². The van der Waals surface area contributed by atoms with Crippen LogP contribution in [0.3, 0.4) is 0 Å². The fraction of sp³-hybridized carbons (Fsp3) is 0.125. The van der Waals surface area contributed by atoms with Crippen LogP contribution in [-0.4, -0.2) is 24.6 Å². The van der Waals surface area contributed by atoms with E-state index in [1.54, 1.807) is 7.05 Å². The molecule has 4 nitrogen and oxygen atoms in total. The number of rotatable bonds is 4. The highest BCUT2D eigenvalue weighted by Gasteiger charge is 2.17. The highest BCUT2D eigenvalue weighted by molar-refractivity contribution is 7.22. The molecule has 118 valence electrons. The number of ether oxygens (including phenoxy) is 1. The van der Waals surface area contributed by atoms with Crippen molar-refractivity contribution in [3.05, 3.63) is 54.1 Å². The molecule has 2 aromatic carbocycles. The zero-order valence-electron chi connectivity index (χ0n) is 12.1. The van der Waals surface area contributed by atoms with Crippen molar-refractivity contribution in [3.8, 4) is 5.75 Å². The van der Waals surface area contributed by atoms with Gasteiger partial charge in [0.05, 0.1) is 10.2 Å². The summed E-state index contributed by atoms with van der Waals surface area (Å²) in [4.78, 5) is 18.3. The second-order valence-corrected chi connectivity index (χ2v) is 5.74. The van der Waals surface area contributed by atoms with Gasteiger partial charge in [0, 0.05) is 12.6 Å². The summed E-state index contributed by atoms with van der Waals surface area (Å²) in [5, 5.41) is 0.573. The molecule has 0 spiro atoms. The number of fused-ring (bicyclic) bond motifs is 1. The Morgan fingerprint density at radius 2 is 1.87 bits per heavy atom. The molecule has 0 aliphatic rings. The summed E-state index contributed by atoms with van der Waals surface area (Å²) in [5.74, 6) is -0.258. The van der Waals surface area contributed by atoms with Crippen molar-refractivity contribution in [2.45, 2.75) is 6.61 Å². The van der Waals surface area contributed by atoms with Gasteiger partial charge in [-0.05, 0) is 36.4 Å². The van der Waals surface area contributed by atoms with E-state index < -0.39 is 6.61 Å². The fourth-order valence-electron chi connectivity index (χ4n) is 2.06. The zero-order chi connectivity index (χ0) is 16.4. The molecule has 0 unspecified atom stereocenters. The lowest BCUT2D eigenvalue weighted by atomic mass is 10.2. The molecule has 0 N–H and O–H groups in total. The number of para-hydroxylation sites is 1. The molecule has 3 aromatic rings. The molecule has 0 aliphatic carbocycles. The summed E-state index contributed by atoms with van der Waals surface area (Å²) in [6, 6.07) is 13.2. The molecular weight excluding hydrogens is 322 g/mol. The Hall–Kier alpha value is -2.54. The minimum atomic E-state index is -2.89. The first-order chi connectivity index (χ1) is 11.0. The summed E-state index contributed by atoms with van der Waals surface area (Å²) in [7, 11) is 1.63. The van der Waals surface area contributed by atoms with E-state index in [4.69, 9.17) is 0 Å². The van der Waals surface area contributed by atoms with Gasteiger partial charge >= 0.3 is 6.61 Å². The number of thiazole rings is 1. The van der Waals surface area contributed by atoms with E-state index >= 15 is 0 Å². The highest BCUT2D eigenvalue weighted by atomic mass is 32.1. The maximum Gasteiger partial charge on any atom is 0.387 e. The molecule has 23 heavy (non-hydrogen) atoms. The van der Waals surface area contributed by atoms with Gasteiger partial charge in [-0.2, -0.15) is 8.78 Å². The average molecular weight is 334 g/mol. The number of anilines is 1. The number of alkyl halides is 2. The maximum absolute atomic E-state index is 12.5. The van der Waals surface area contributed by atoms with Crippen LogP contribution in [0.25, 0.3) is 10.2 Å². The van der Waals surface area contributed by atoms with Crippen LogP contribution in [-0.2, 0) is 0 Å². The van der Waals surface area contributed by atoms with Crippen molar-refractivity contribution in [2.24, 2.45) is 0 Å². The summed E-state index contributed by atoms with van der Waals surface area (Å²) < 4.78 is 29.5. The maximum atomic E-state index is 12.5. The van der Waals surface area contributed by atoms with E-state index in [1.165, 1.54) is 40.5 Å². The largest absolute Gasteiger partial charge is 0.435 e. The molecule has 1 aromatic heterocycles. The molecule has 0 bridgehead atoms. The van der Waals surface area contributed by atoms with Crippen LogP contribution in [0.5, 0.6) is 5.75 Å². The minimum Gasteiger partial charge on any atom is -0.435 e. The van der Waals surface area contributed by atoms with Gasteiger partial charge in [0.2, 0.25) is 0 Å². The van der Waals surface area contributed by atoms with Crippen LogP contribution in [0.1, 0.15) is 10.4 Å². The van der Waals surface area contributed by atoms with Gasteiger partial charge in [0.1, 0.15) is 5.75 Å². The summed E-state index contributed by atoms with van der Waals surface area (Å²) in [6.45, 7) is -2.89.